The van der Waals surface area contributed by atoms with Crippen molar-refractivity contribution in [2.45, 2.75) is 38.0 Å². The van der Waals surface area contributed by atoms with Crippen molar-refractivity contribution in [2.24, 2.45) is 0 Å². The van der Waals surface area contributed by atoms with Crippen molar-refractivity contribution in [1.82, 2.24) is 25.0 Å². The predicted molar refractivity (Wildman–Crippen MR) is 129 cm³/mol. The van der Waals surface area contributed by atoms with Crippen LogP contribution in [-0.2, 0) is 16.1 Å². The van der Waals surface area contributed by atoms with Crippen molar-refractivity contribution < 1.29 is 19.1 Å². The number of carbonyl (C=O) groups excluding carboxylic acids is 3. The van der Waals surface area contributed by atoms with Crippen LogP contribution in [0.4, 0.5) is 0 Å². The maximum absolute atomic E-state index is 13.9. The van der Waals surface area contributed by atoms with Gasteiger partial charge < -0.3 is 19.9 Å². The largest absolute Gasteiger partial charge is 0.475 e. The molecule has 2 saturated heterocycles. The highest BCUT2D eigenvalue weighted by Crippen LogP contribution is 2.28. The van der Waals surface area contributed by atoms with Crippen molar-refractivity contribution in [1.29, 1.82) is 0 Å². The number of piperazine rings is 1. The van der Waals surface area contributed by atoms with E-state index >= 15 is 0 Å². The van der Waals surface area contributed by atoms with E-state index in [1.807, 2.05) is 29.2 Å². The molecule has 5 rings (SSSR count). The summed E-state index contributed by atoms with van der Waals surface area (Å²) in [7, 11) is 0. The van der Waals surface area contributed by atoms with E-state index in [2.05, 4.69) is 15.2 Å². The molecule has 184 valence electrons. The normalized spacial score (nSPS) is 25.0. The number of aromatic nitrogens is 1. The molecule has 3 aliphatic heterocycles. The lowest BCUT2D eigenvalue weighted by Crippen LogP contribution is -2.61. The van der Waals surface area contributed by atoms with Gasteiger partial charge >= 0.3 is 0 Å². The number of hydrogen-bond acceptors (Lipinski definition) is 6. The minimum atomic E-state index is -0.421. The Bertz CT molecular complexity index is 1140. The number of ether oxygens (including phenoxy) is 1. The summed E-state index contributed by atoms with van der Waals surface area (Å²) in [5.74, 6) is -0.120. The highest BCUT2D eigenvalue weighted by atomic mass is 35.5. The monoisotopic (exact) mass is 497 g/mol. The minimum Gasteiger partial charge on any atom is -0.475 e. The number of nitrogens with one attached hydrogen (secondary N) is 1. The van der Waals surface area contributed by atoms with Crippen molar-refractivity contribution in [3.8, 4) is 5.88 Å². The maximum Gasteiger partial charge on any atom is 0.257 e. The topological polar surface area (TPSA) is 95.1 Å². The smallest absolute Gasteiger partial charge is 0.257 e. The van der Waals surface area contributed by atoms with Crippen LogP contribution < -0.4 is 10.1 Å². The summed E-state index contributed by atoms with van der Waals surface area (Å²) in [6.45, 7) is 3.95. The van der Waals surface area contributed by atoms with Crippen LogP contribution in [-0.4, -0.2) is 88.3 Å². The molecule has 3 amide bonds. The first kappa shape index (κ1) is 23.6. The van der Waals surface area contributed by atoms with Crippen LogP contribution >= 0.6 is 11.6 Å². The van der Waals surface area contributed by atoms with E-state index in [4.69, 9.17) is 16.3 Å². The zero-order valence-electron chi connectivity index (χ0n) is 19.5. The molecule has 2 aromatic rings. The van der Waals surface area contributed by atoms with Crippen molar-refractivity contribution in [3.63, 3.8) is 0 Å². The van der Waals surface area contributed by atoms with Gasteiger partial charge in [0.15, 0.2) is 0 Å². The van der Waals surface area contributed by atoms with E-state index in [0.29, 0.717) is 49.7 Å². The molecule has 35 heavy (non-hydrogen) atoms. The molecule has 10 heteroatoms. The first-order valence-corrected chi connectivity index (χ1v) is 12.2. The third-order valence-electron chi connectivity index (χ3n) is 6.99. The molecule has 0 spiro atoms. The Kier molecular flexibility index (Phi) is 6.62. The Hall–Kier alpha value is -3.17. The Labute approximate surface area is 209 Å². The third kappa shape index (κ3) is 4.83. The van der Waals surface area contributed by atoms with Gasteiger partial charge in [0, 0.05) is 56.9 Å². The third-order valence-corrected chi connectivity index (χ3v) is 7.36. The van der Waals surface area contributed by atoms with E-state index in [1.54, 1.807) is 23.2 Å². The molecule has 1 aromatic carbocycles. The molecule has 1 N–H and O–H groups in total. The molecule has 0 radical (unpaired) electrons. The molecule has 9 nitrogen and oxygen atoms in total. The van der Waals surface area contributed by atoms with Crippen LogP contribution in [0.5, 0.6) is 5.88 Å². The van der Waals surface area contributed by atoms with Gasteiger partial charge in [0.2, 0.25) is 17.7 Å². The first-order valence-electron chi connectivity index (χ1n) is 11.8. The second-order valence-corrected chi connectivity index (χ2v) is 9.67. The number of halogens is 1. The number of benzene rings is 1. The number of nitrogens with zero attached hydrogens (tertiary/aromatic N) is 4. The molecule has 0 aliphatic carbocycles. The van der Waals surface area contributed by atoms with Crippen LogP contribution in [0.3, 0.4) is 0 Å². The fourth-order valence-electron chi connectivity index (χ4n) is 5.17. The van der Waals surface area contributed by atoms with E-state index in [-0.39, 0.29) is 42.3 Å². The number of likely N-dealkylation sites (tertiary alicyclic amines) is 1. The van der Waals surface area contributed by atoms with Crippen LogP contribution in [0.2, 0.25) is 5.02 Å². The summed E-state index contributed by atoms with van der Waals surface area (Å²) in [4.78, 5) is 49.0. The molecule has 2 bridgehead atoms. The number of rotatable bonds is 2. The van der Waals surface area contributed by atoms with E-state index in [9.17, 15) is 14.4 Å². The second-order valence-electron chi connectivity index (χ2n) is 9.26. The second kappa shape index (κ2) is 9.83. The van der Waals surface area contributed by atoms with Gasteiger partial charge in [0.1, 0.15) is 12.2 Å². The van der Waals surface area contributed by atoms with Gasteiger partial charge in [-0.05, 0) is 30.2 Å². The fourth-order valence-corrected chi connectivity index (χ4v) is 5.36. The lowest BCUT2D eigenvalue weighted by Gasteiger charge is -2.42. The van der Waals surface area contributed by atoms with Crippen LogP contribution in [0.15, 0.2) is 42.6 Å². The SMILES string of the molecule is CC(=O)N1CCN2C(=O)[C@@H]3C[C@@H](CN3Cc3ccccc3Cl)NC(=O)c3cccnc3OC[C@@H]2C1. The van der Waals surface area contributed by atoms with Gasteiger partial charge in [-0.3, -0.25) is 19.3 Å². The average Bonchev–Trinajstić information content (AvgIpc) is 3.25. The summed E-state index contributed by atoms with van der Waals surface area (Å²) in [6.07, 6.45) is 2.06. The lowest BCUT2D eigenvalue weighted by molar-refractivity contribution is -0.146. The molecule has 3 atom stereocenters. The van der Waals surface area contributed by atoms with Gasteiger partial charge in [-0.2, -0.15) is 0 Å². The predicted octanol–water partition coefficient (Wildman–Crippen LogP) is 1.56. The molecule has 0 unspecified atom stereocenters. The van der Waals surface area contributed by atoms with Crippen LogP contribution in [0, 0.1) is 0 Å². The number of pyridine rings is 1. The lowest BCUT2D eigenvalue weighted by atomic mass is 10.1. The van der Waals surface area contributed by atoms with Crippen molar-refractivity contribution in [3.05, 3.63) is 58.7 Å². The van der Waals surface area contributed by atoms with Crippen molar-refractivity contribution >= 4 is 29.3 Å². The maximum atomic E-state index is 13.9. The van der Waals surface area contributed by atoms with Gasteiger partial charge in [-0.1, -0.05) is 29.8 Å². The van der Waals surface area contributed by atoms with Gasteiger partial charge in [-0.15, -0.1) is 0 Å². The molecular formula is C25H28ClN5O4. The van der Waals surface area contributed by atoms with Gasteiger partial charge in [-0.25, -0.2) is 4.98 Å². The highest BCUT2D eigenvalue weighted by Gasteiger charge is 2.43. The number of fused-ring (bicyclic) bond motifs is 4. The average molecular weight is 498 g/mol. The molecule has 3 aliphatic rings. The zero-order chi connectivity index (χ0) is 24.5. The quantitative estimate of drug-likeness (QED) is 0.676. The van der Waals surface area contributed by atoms with Gasteiger partial charge in [0.25, 0.3) is 5.91 Å². The van der Waals surface area contributed by atoms with E-state index in [0.717, 1.165) is 5.56 Å². The Morgan fingerprint density at radius 2 is 2.00 bits per heavy atom. The summed E-state index contributed by atoms with van der Waals surface area (Å²) in [5.41, 5.74) is 1.28. The summed E-state index contributed by atoms with van der Waals surface area (Å²) >= 11 is 6.42. The number of hydrogen-bond donors (Lipinski definition) is 1. The Balaban J connectivity index is 1.49. The van der Waals surface area contributed by atoms with Crippen molar-refractivity contribution in [2.75, 3.05) is 32.8 Å². The number of amides is 3. The summed E-state index contributed by atoms with van der Waals surface area (Å²) in [6, 6.07) is 9.98. The molecular weight excluding hydrogens is 470 g/mol. The molecule has 1 aromatic heterocycles. The van der Waals surface area contributed by atoms with Crippen LogP contribution in [0.1, 0.15) is 29.3 Å². The van der Waals surface area contributed by atoms with E-state index < -0.39 is 6.04 Å². The number of carbonyl (C=O) groups is 3. The Morgan fingerprint density at radius 3 is 2.80 bits per heavy atom. The Morgan fingerprint density at radius 1 is 1.17 bits per heavy atom. The summed E-state index contributed by atoms with van der Waals surface area (Å²) in [5, 5.41) is 3.71. The first-order chi connectivity index (χ1) is 16.9. The standard InChI is InChI=1S/C25H28ClN5O4/c1-16(32)29-9-10-31-19(14-29)15-35-24-20(6-4-8-27-24)23(33)28-18-11-22(25(31)34)30(13-18)12-17-5-2-3-7-21(17)26/h2-8,18-19,22H,9-15H2,1H3,(H,28,33)/t18-,19-,22-/m0/s1. The van der Waals surface area contributed by atoms with E-state index in [1.165, 1.54) is 6.92 Å². The minimum absolute atomic E-state index is 0.0209. The fraction of sp³-hybridized carbons (Fsp3) is 0.440. The summed E-state index contributed by atoms with van der Waals surface area (Å²) < 4.78 is 5.97. The van der Waals surface area contributed by atoms with Crippen LogP contribution in [0.25, 0.3) is 0 Å². The zero-order valence-corrected chi connectivity index (χ0v) is 20.3. The molecule has 2 fully saturated rings. The molecule has 4 heterocycles. The van der Waals surface area contributed by atoms with Gasteiger partial charge in [0.05, 0.1) is 12.1 Å². The molecule has 0 saturated carbocycles. The highest BCUT2D eigenvalue weighted by molar-refractivity contribution is 6.31.